The van der Waals surface area contributed by atoms with Crippen LogP contribution in [-0.2, 0) is 7.05 Å². The molecule has 1 aromatic rings. The molecule has 0 amide bonds. The number of hydrogen-bond acceptors (Lipinski definition) is 3. The molecule has 114 valence electrons. The first-order valence-electron chi connectivity index (χ1n) is 7.58. The zero-order valence-corrected chi connectivity index (χ0v) is 13.4. The quantitative estimate of drug-likeness (QED) is 0.924. The Hall–Kier alpha value is -1.03. The van der Waals surface area contributed by atoms with Crippen LogP contribution in [0.25, 0.3) is 0 Å². The van der Waals surface area contributed by atoms with Crippen molar-refractivity contribution in [3.63, 3.8) is 0 Å². The molecule has 1 N–H and O–H groups in total. The van der Waals surface area contributed by atoms with Crippen LogP contribution in [0.2, 0.25) is 0 Å². The minimum absolute atomic E-state index is 0.317. The van der Waals surface area contributed by atoms with Gasteiger partial charge in [0, 0.05) is 7.05 Å². The van der Waals surface area contributed by atoms with E-state index in [2.05, 4.69) is 25.9 Å². The molecule has 1 aromatic heterocycles. The molecule has 1 heterocycles. The normalized spacial score (nSPS) is 25.5. The summed E-state index contributed by atoms with van der Waals surface area (Å²) in [6.45, 7) is 6.95. The van der Waals surface area contributed by atoms with Crippen LogP contribution < -0.4 is 4.74 Å². The Morgan fingerprint density at radius 2 is 1.90 bits per heavy atom. The van der Waals surface area contributed by atoms with Gasteiger partial charge in [0.15, 0.2) is 5.75 Å². The highest BCUT2D eigenvalue weighted by Crippen LogP contribution is 2.44. The van der Waals surface area contributed by atoms with Crippen LogP contribution in [0.3, 0.4) is 0 Å². The number of hydrogen-bond donors (Lipinski definition) is 1. The number of aliphatic hydroxyl groups excluding tert-OH is 1. The minimum Gasteiger partial charge on any atom is -0.493 e. The second-order valence-corrected chi connectivity index (χ2v) is 7.14. The number of aromatic nitrogens is 2. The van der Waals surface area contributed by atoms with Crippen molar-refractivity contribution in [2.45, 2.75) is 52.6 Å². The SMILES string of the molecule is COc1cnn(C)c1C(O)C1CCC(C(C)(C)C)CC1. The monoisotopic (exact) mass is 280 g/mol. The summed E-state index contributed by atoms with van der Waals surface area (Å²) in [5.41, 5.74) is 1.19. The van der Waals surface area contributed by atoms with Crippen molar-refractivity contribution < 1.29 is 9.84 Å². The average molecular weight is 280 g/mol. The lowest BCUT2D eigenvalue weighted by atomic mass is 9.68. The first-order chi connectivity index (χ1) is 9.34. The van der Waals surface area contributed by atoms with Gasteiger partial charge in [-0.2, -0.15) is 5.10 Å². The molecule has 2 rings (SSSR count). The van der Waals surface area contributed by atoms with E-state index >= 15 is 0 Å². The predicted molar refractivity (Wildman–Crippen MR) is 79.6 cm³/mol. The highest BCUT2D eigenvalue weighted by atomic mass is 16.5. The maximum atomic E-state index is 10.7. The van der Waals surface area contributed by atoms with Crippen LogP contribution in [0.5, 0.6) is 5.75 Å². The van der Waals surface area contributed by atoms with E-state index in [4.69, 9.17) is 4.74 Å². The second kappa shape index (κ2) is 5.76. The molecule has 0 radical (unpaired) electrons. The smallest absolute Gasteiger partial charge is 0.162 e. The highest BCUT2D eigenvalue weighted by molar-refractivity contribution is 5.27. The van der Waals surface area contributed by atoms with Gasteiger partial charge in [-0.3, -0.25) is 4.68 Å². The Kier molecular flexibility index (Phi) is 4.43. The number of methoxy groups -OCH3 is 1. The Balaban J connectivity index is 2.05. The molecule has 1 unspecified atom stereocenters. The molecular weight excluding hydrogens is 252 g/mol. The first kappa shape index (κ1) is 15.4. The zero-order valence-electron chi connectivity index (χ0n) is 13.4. The van der Waals surface area contributed by atoms with Crippen LogP contribution in [0.4, 0.5) is 0 Å². The van der Waals surface area contributed by atoms with E-state index < -0.39 is 6.10 Å². The van der Waals surface area contributed by atoms with Crippen LogP contribution in [-0.4, -0.2) is 22.0 Å². The number of aliphatic hydroxyl groups is 1. The maximum Gasteiger partial charge on any atom is 0.162 e. The molecule has 4 nitrogen and oxygen atoms in total. The fourth-order valence-corrected chi connectivity index (χ4v) is 3.45. The molecule has 1 aliphatic carbocycles. The zero-order chi connectivity index (χ0) is 14.9. The molecule has 4 heteroatoms. The topological polar surface area (TPSA) is 47.3 Å². The summed E-state index contributed by atoms with van der Waals surface area (Å²) in [6, 6.07) is 0. The molecule has 1 fully saturated rings. The van der Waals surface area contributed by atoms with E-state index in [1.807, 2.05) is 7.05 Å². The van der Waals surface area contributed by atoms with Crippen molar-refractivity contribution in [2.75, 3.05) is 7.11 Å². The lowest BCUT2D eigenvalue weighted by molar-refractivity contribution is 0.0463. The van der Waals surface area contributed by atoms with Crippen LogP contribution in [0.1, 0.15) is 58.3 Å². The third kappa shape index (κ3) is 3.00. The van der Waals surface area contributed by atoms with Crippen molar-refractivity contribution in [1.29, 1.82) is 0 Å². The Bertz CT molecular complexity index is 440. The van der Waals surface area contributed by atoms with Gasteiger partial charge in [0.1, 0.15) is 11.8 Å². The van der Waals surface area contributed by atoms with Crippen molar-refractivity contribution >= 4 is 0 Å². The van der Waals surface area contributed by atoms with Gasteiger partial charge in [0.2, 0.25) is 0 Å². The number of ether oxygens (including phenoxy) is 1. The molecule has 0 aromatic carbocycles. The van der Waals surface area contributed by atoms with Crippen LogP contribution >= 0.6 is 0 Å². The largest absolute Gasteiger partial charge is 0.493 e. The predicted octanol–water partition coefficient (Wildman–Crippen LogP) is 3.31. The first-order valence-corrected chi connectivity index (χ1v) is 7.58. The van der Waals surface area contributed by atoms with Gasteiger partial charge in [-0.05, 0) is 42.9 Å². The average Bonchev–Trinajstić information content (AvgIpc) is 2.78. The molecule has 0 spiro atoms. The van der Waals surface area contributed by atoms with E-state index in [1.54, 1.807) is 18.0 Å². The summed E-state index contributed by atoms with van der Waals surface area (Å²) in [5, 5.41) is 14.9. The van der Waals surface area contributed by atoms with Gasteiger partial charge in [0.05, 0.1) is 13.3 Å². The van der Waals surface area contributed by atoms with E-state index in [-0.39, 0.29) is 0 Å². The lowest BCUT2D eigenvalue weighted by Gasteiger charge is -2.38. The standard InChI is InChI=1S/C16H28N2O2/c1-16(2,3)12-8-6-11(7-9-12)15(19)14-13(20-5)10-17-18(14)4/h10-12,15,19H,6-9H2,1-5H3. The highest BCUT2D eigenvalue weighted by Gasteiger charge is 2.34. The van der Waals surface area contributed by atoms with Crippen molar-refractivity contribution in [2.24, 2.45) is 24.3 Å². The molecule has 0 bridgehead atoms. The third-order valence-electron chi connectivity index (χ3n) is 4.89. The molecule has 0 aliphatic heterocycles. The van der Waals surface area contributed by atoms with Gasteiger partial charge in [-0.1, -0.05) is 20.8 Å². The number of aryl methyl sites for hydroxylation is 1. The molecular formula is C16H28N2O2. The number of rotatable bonds is 3. The van der Waals surface area contributed by atoms with Gasteiger partial charge < -0.3 is 9.84 Å². The van der Waals surface area contributed by atoms with Crippen molar-refractivity contribution in [3.8, 4) is 5.75 Å². The van der Waals surface area contributed by atoms with Gasteiger partial charge >= 0.3 is 0 Å². The van der Waals surface area contributed by atoms with Gasteiger partial charge in [-0.15, -0.1) is 0 Å². The van der Waals surface area contributed by atoms with Crippen LogP contribution in [0, 0.1) is 17.3 Å². The van der Waals surface area contributed by atoms with E-state index in [0.29, 0.717) is 17.1 Å². The minimum atomic E-state index is -0.474. The summed E-state index contributed by atoms with van der Waals surface area (Å²) < 4.78 is 7.05. The molecule has 20 heavy (non-hydrogen) atoms. The van der Waals surface area contributed by atoms with E-state index in [0.717, 1.165) is 24.5 Å². The molecule has 1 atom stereocenters. The molecule has 1 aliphatic rings. The summed E-state index contributed by atoms with van der Waals surface area (Å²) in [5.74, 6) is 1.77. The summed E-state index contributed by atoms with van der Waals surface area (Å²) in [6.07, 6.45) is 5.77. The van der Waals surface area contributed by atoms with E-state index in [1.165, 1.54) is 12.8 Å². The van der Waals surface area contributed by atoms with Crippen LogP contribution in [0.15, 0.2) is 6.20 Å². The van der Waals surface area contributed by atoms with Gasteiger partial charge in [-0.25, -0.2) is 0 Å². The van der Waals surface area contributed by atoms with Crippen molar-refractivity contribution in [3.05, 3.63) is 11.9 Å². The molecule has 0 saturated heterocycles. The Morgan fingerprint density at radius 1 is 1.30 bits per heavy atom. The van der Waals surface area contributed by atoms with Gasteiger partial charge in [0.25, 0.3) is 0 Å². The lowest BCUT2D eigenvalue weighted by Crippen LogP contribution is -2.28. The number of nitrogens with zero attached hydrogens (tertiary/aromatic N) is 2. The third-order valence-corrected chi connectivity index (χ3v) is 4.89. The van der Waals surface area contributed by atoms with E-state index in [9.17, 15) is 5.11 Å². The summed E-state index contributed by atoms with van der Waals surface area (Å²) in [4.78, 5) is 0. The van der Waals surface area contributed by atoms with Crippen molar-refractivity contribution in [1.82, 2.24) is 9.78 Å². The maximum absolute atomic E-state index is 10.7. The molecule has 1 saturated carbocycles. The Morgan fingerprint density at radius 3 is 2.40 bits per heavy atom. The second-order valence-electron chi connectivity index (χ2n) is 7.14. The summed E-state index contributed by atoms with van der Waals surface area (Å²) in [7, 11) is 3.49. The summed E-state index contributed by atoms with van der Waals surface area (Å²) >= 11 is 0. The Labute approximate surface area is 122 Å². The fraction of sp³-hybridized carbons (Fsp3) is 0.812. The fourth-order valence-electron chi connectivity index (χ4n) is 3.45.